The molecule has 4 aromatic rings. The van der Waals surface area contributed by atoms with E-state index in [-0.39, 0.29) is 11.5 Å². The van der Waals surface area contributed by atoms with Crippen molar-refractivity contribution in [3.63, 3.8) is 0 Å². The van der Waals surface area contributed by atoms with Crippen molar-refractivity contribution in [2.45, 2.75) is 26.8 Å². The Balaban J connectivity index is 1.35. The highest BCUT2D eigenvalue weighted by Crippen LogP contribution is 2.17. The summed E-state index contributed by atoms with van der Waals surface area (Å²) in [6.45, 7) is 6.94. The van der Waals surface area contributed by atoms with Crippen LogP contribution in [0.3, 0.4) is 0 Å². The third kappa shape index (κ3) is 6.12. The van der Waals surface area contributed by atoms with Crippen molar-refractivity contribution in [3.05, 3.63) is 103 Å². The fraction of sp³-hybridized carbons (Fsp3) is 0.250. The number of H-pyrrole nitrogens is 1. The summed E-state index contributed by atoms with van der Waals surface area (Å²) in [4.78, 5) is 31.0. The van der Waals surface area contributed by atoms with Gasteiger partial charge < -0.3 is 15.2 Å². The number of amides is 1. The highest BCUT2D eigenvalue weighted by molar-refractivity contribution is 9.10. The number of aryl methyl sites for hydroxylation is 1. The molecule has 2 N–H and O–H groups in total. The minimum absolute atomic E-state index is 0.106. The number of hydrogen-bond acceptors (Lipinski definition) is 4. The van der Waals surface area contributed by atoms with Crippen molar-refractivity contribution < 1.29 is 4.79 Å². The van der Waals surface area contributed by atoms with Crippen molar-refractivity contribution in [3.8, 4) is 0 Å². The van der Waals surface area contributed by atoms with Crippen LogP contribution in [0.4, 0.5) is 5.69 Å². The average molecular weight is 566 g/mol. The largest absolute Gasteiger partial charge is 0.372 e. The van der Waals surface area contributed by atoms with Gasteiger partial charge in [0.15, 0.2) is 4.77 Å². The van der Waals surface area contributed by atoms with Crippen molar-refractivity contribution in [2.24, 2.45) is 0 Å². The van der Waals surface area contributed by atoms with Gasteiger partial charge in [-0.3, -0.25) is 14.2 Å². The molecule has 1 amide bonds. The average Bonchev–Trinajstić information content (AvgIpc) is 2.87. The molecular weight excluding hydrogens is 536 g/mol. The van der Waals surface area contributed by atoms with E-state index in [1.165, 1.54) is 15.8 Å². The molecule has 3 aromatic carbocycles. The Hall–Kier alpha value is -3.23. The number of fused-ring (bicyclic) bond motifs is 1. The number of aromatic amines is 1. The molecule has 6 nitrogen and oxygen atoms in total. The first kappa shape index (κ1) is 25.9. The van der Waals surface area contributed by atoms with E-state index in [0.29, 0.717) is 34.3 Å². The number of carbonyl (C=O) groups excluding carboxylic acids is 1. The third-order valence-electron chi connectivity index (χ3n) is 6.14. The van der Waals surface area contributed by atoms with Gasteiger partial charge in [-0.05, 0) is 86.1 Å². The zero-order valence-corrected chi connectivity index (χ0v) is 22.8. The Labute approximate surface area is 224 Å². The van der Waals surface area contributed by atoms with E-state index in [4.69, 9.17) is 12.2 Å². The van der Waals surface area contributed by atoms with E-state index < -0.39 is 0 Å². The molecular formula is C28H29BrN4O2S. The Morgan fingerprint density at radius 2 is 1.89 bits per heavy atom. The maximum absolute atomic E-state index is 13.0. The maximum atomic E-state index is 13.0. The van der Waals surface area contributed by atoms with Gasteiger partial charge in [-0.25, -0.2) is 0 Å². The van der Waals surface area contributed by atoms with Crippen LogP contribution in [0.5, 0.6) is 0 Å². The van der Waals surface area contributed by atoms with Crippen LogP contribution in [0.15, 0.2) is 76.0 Å². The maximum Gasteiger partial charge on any atom is 0.262 e. The molecule has 0 atom stereocenters. The second-order valence-electron chi connectivity index (χ2n) is 8.74. The summed E-state index contributed by atoms with van der Waals surface area (Å²) in [5.74, 6) is -0.106. The van der Waals surface area contributed by atoms with Gasteiger partial charge in [0.25, 0.3) is 11.5 Å². The number of rotatable bonds is 9. The molecule has 36 heavy (non-hydrogen) atoms. The predicted octanol–water partition coefficient (Wildman–Crippen LogP) is 5.82. The first-order valence-electron chi connectivity index (χ1n) is 12.0. The van der Waals surface area contributed by atoms with E-state index in [2.05, 4.69) is 69.2 Å². The summed E-state index contributed by atoms with van der Waals surface area (Å²) in [5.41, 5.74) is 4.48. The quantitative estimate of drug-likeness (QED) is 0.198. The summed E-state index contributed by atoms with van der Waals surface area (Å²) in [5, 5.41) is 3.57. The number of nitrogens with zero attached hydrogens (tertiary/aromatic N) is 2. The minimum Gasteiger partial charge on any atom is -0.372 e. The van der Waals surface area contributed by atoms with Crippen LogP contribution < -0.4 is 15.8 Å². The predicted molar refractivity (Wildman–Crippen MR) is 153 cm³/mol. The fourth-order valence-electron chi connectivity index (χ4n) is 4.18. The van der Waals surface area contributed by atoms with Crippen LogP contribution >= 0.6 is 28.1 Å². The standard InChI is InChI=1S/C28H29BrN4O2S/c1-3-32(23-7-4-6-19(2)16-23)15-5-14-30-26(34)21-10-8-20(9-11-21)18-33-27(35)24-17-22(29)12-13-25(24)31-28(33)36/h4,6-13,16-17H,3,5,14-15,18H2,1-2H3,(H,30,34)(H,31,36). The number of hydrogen-bond donors (Lipinski definition) is 2. The Morgan fingerprint density at radius 3 is 2.61 bits per heavy atom. The zero-order chi connectivity index (χ0) is 25.7. The van der Waals surface area contributed by atoms with Gasteiger partial charge in [-0.1, -0.05) is 40.2 Å². The zero-order valence-electron chi connectivity index (χ0n) is 20.4. The van der Waals surface area contributed by atoms with Gasteiger partial charge in [0.05, 0.1) is 17.4 Å². The van der Waals surface area contributed by atoms with Crippen molar-refractivity contribution in [1.82, 2.24) is 14.9 Å². The van der Waals surface area contributed by atoms with Crippen molar-refractivity contribution in [1.29, 1.82) is 0 Å². The first-order chi connectivity index (χ1) is 17.4. The monoisotopic (exact) mass is 564 g/mol. The molecule has 4 rings (SSSR count). The number of carbonyl (C=O) groups is 1. The third-order valence-corrected chi connectivity index (χ3v) is 6.96. The number of nitrogens with one attached hydrogen (secondary N) is 2. The van der Waals surface area contributed by atoms with Crippen LogP contribution in [0, 0.1) is 11.7 Å². The number of halogens is 1. The molecule has 0 radical (unpaired) electrons. The van der Waals surface area contributed by atoms with Gasteiger partial charge in [0.2, 0.25) is 0 Å². The molecule has 8 heteroatoms. The summed E-state index contributed by atoms with van der Waals surface area (Å²) in [6, 6.07) is 21.2. The second-order valence-corrected chi connectivity index (χ2v) is 10.0. The molecule has 1 aromatic heterocycles. The second kappa shape index (κ2) is 11.7. The summed E-state index contributed by atoms with van der Waals surface area (Å²) in [6.07, 6.45) is 0.852. The van der Waals surface area contributed by atoms with Crippen LogP contribution in [0.1, 0.15) is 34.8 Å². The molecule has 1 heterocycles. The Kier molecular flexibility index (Phi) is 8.38. The van der Waals surface area contributed by atoms with Crippen LogP contribution in [-0.4, -0.2) is 35.1 Å². The van der Waals surface area contributed by atoms with E-state index in [1.807, 2.05) is 24.3 Å². The SMILES string of the molecule is CCN(CCCNC(=O)c1ccc(Cn2c(=S)[nH]c3ccc(Br)cc3c2=O)cc1)c1cccc(C)c1. The lowest BCUT2D eigenvalue weighted by molar-refractivity contribution is 0.0953. The molecule has 0 spiro atoms. The summed E-state index contributed by atoms with van der Waals surface area (Å²) in [7, 11) is 0. The number of anilines is 1. The minimum atomic E-state index is -0.149. The van der Waals surface area contributed by atoms with Crippen molar-refractivity contribution in [2.75, 3.05) is 24.5 Å². The highest BCUT2D eigenvalue weighted by atomic mass is 79.9. The van der Waals surface area contributed by atoms with E-state index >= 15 is 0 Å². The van der Waals surface area contributed by atoms with E-state index in [1.54, 1.807) is 18.2 Å². The lowest BCUT2D eigenvalue weighted by Gasteiger charge is -2.23. The Bertz CT molecular complexity index is 1490. The summed E-state index contributed by atoms with van der Waals surface area (Å²) >= 11 is 8.83. The van der Waals surface area contributed by atoms with Crippen LogP contribution in [0.25, 0.3) is 10.9 Å². The molecule has 0 fully saturated rings. The van der Waals surface area contributed by atoms with Crippen LogP contribution in [-0.2, 0) is 6.54 Å². The molecule has 186 valence electrons. The normalized spacial score (nSPS) is 11.0. The smallest absolute Gasteiger partial charge is 0.262 e. The van der Waals surface area contributed by atoms with Gasteiger partial charge in [-0.2, -0.15) is 0 Å². The van der Waals surface area contributed by atoms with E-state index in [9.17, 15) is 9.59 Å². The lowest BCUT2D eigenvalue weighted by Crippen LogP contribution is -2.30. The van der Waals surface area contributed by atoms with E-state index in [0.717, 1.165) is 29.5 Å². The molecule has 0 aliphatic rings. The molecule has 0 bridgehead atoms. The molecule has 0 unspecified atom stereocenters. The molecule has 0 saturated carbocycles. The molecule has 0 saturated heterocycles. The van der Waals surface area contributed by atoms with Gasteiger partial charge in [0, 0.05) is 35.4 Å². The van der Waals surface area contributed by atoms with Gasteiger partial charge in [0.1, 0.15) is 0 Å². The van der Waals surface area contributed by atoms with Crippen molar-refractivity contribution >= 4 is 50.6 Å². The first-order valence-corrected chi connectivity index (χ1v) is 13.2. The van der Waals surface area contributed by atoms with Crippen LogP contribution in [0.2, 0.25) is 0 Å². The summed E-state index contributed by atoms with van der Waals surface area (Å²) < 4.78 is 2.73. The fourth-order valence-corrected chi connectivity index (χ4v) is 4.80. The molecule has 0 aliphatic heterocycles. The lowest BCUT2D eigenvalue weighted by atomic mass is 10.1. The molecule has 0 aliphatic carbocycles. The topological polar surface area (TPSA) is 70.1 Å². The number of benzene rings is 3. The Morgan fingerprint density at radius 1 is 1.11 bits per heavy atom. The number of aromatic nitrogens is 2. The van der Waals surface area contributed by atoms with Gasteiger partial charge >= 0.3 is 0 Å². The highest BCUT2D eigenvalue weighted by Gasteiger charge is 2.10. The van der Waals surface area contributed by atoms with Gasteiger partial charge in [-0.15, -0.1) is 0 Å².